The van der Waals surface area contributed by atoms with Gasteiger partial charge in [0.15, 0.2) is 0 Å². The fourth-order valence-corrected chi connectivity index (χ4v) is 2.87. The second kappa shape index (κ2) is 14.7. The summed E-state index contributed by atoms with van der Waals surface area (Å²) in [7, 11) is 0. The van der Waals surface area contributed by atoms with Crippen LogP contribution in [-0.4, -0.2) is 37.4 Å². The first-order chi connectivity index (χ1) is 14.2. The number of nitrogens with zero attached hydrogens (tertiary/aromatic N) is 4. The Labute approximate surface area is 177 Å². The molecule has 0 radical (unpaired) electrons. The van der Waals surface area contributed by atoms with Crippen molar-refractivity contribution in [2.24, 2.45) is 20.0 Å². The lowest BCUT2D eigenvalue weighted by molar-refractivity contribution is 0.558. The molecule has 0 amide bonds. The number of unbranched alkanes of at least 4 members (excludes halogenated alkanes) is 3. The molecule has 0 atom stereocenters. The highest BCUT2D eigenvalue weighted by molar-refractivity contribution is 5.71. The summed E-state index contributed by atoms with van der Waals surface area (Å²) in [5.41, 5.74) is 3.50. The minimum Gasteiger partial charge on any atom is -0.211 e. The summed E-state index contributed by atoms with van der Waals surface area (Å²) in [5.74, 6) is 0. The molecule has 0 spiro atoms. The van der Waals surface area contributed by atoms with Gasteiger partial charge in [-0.2, -0.15) is 9.98 Å². The molecule has 8 heteroatoms. The summed E-state index contributed by atoms with van der Waals surface area (Å²) in [6.07, 6.45) is 9.88. The van der Waals surface area contributed by atoms with Crippen LogP contribution in [-0.2, 0) is 24.6 Å². The lowest BCUT2D eigenvalue weighted by Gasteiger charge is -2.23. The molecule has 0 bridgehead atoms. The van der Waals surface area contributed by atoms with Crippen molar-refractivity contribution in [1.82, 2.24) is 0 Å². The molecule has 0 fully saturated rings. The standard InChI is InChI=1S/C14H16N2O2.C8H12N2O2/c1-9-11(14(3,4)5)6-12(15-7-17)10(2)13(9)16-8-18;11-7-9-5-3-1-2-4-6-10-8-12/h6H,1-5H3;1-6H2. The fraction of sp³-hybridized carbons (Fsp3) is 0.545. The zero-order chi connectivity index (χ0) is 23.0. The quantitative estimate of drug-likeness (QED) is 0.330. The molecule has 0 unspecified atom stereocenters. The first-order valence-electron chi connectivity index (χ1n) is 9.62. The van der Waals surface area contributed by atoms with Gasteiger partial charge in [-0.15, -0.1) is 0 Å². The molecule has 1 aromatic carbocycles. The molecule has 160 valence electrons. The molecule has 0 aliphatic heterocycles. The number of hydrogen-bond donors (Lipinski definition) is 0. The van der Waals surface area contributed by atoms with Gasteiger partial charge in [-0.25, -0.2) is 29.2 Å². The molecule has 1 aromatic rings. The summed E-state index contributed by atoms with van der Waals surface area (Å²) < 4.78 is 0. The molecule has 0 saturated carbocycles. The van der Waals surface area contributed by atoms with Gasteiger partial charge in [0.25, 0.3) is 0 Å². The fourth-order valence-electron chi connectivity index (χ4n) is 2.87. The molecule has 0 aliphatic carbocycles. The molecular formula is C22H28N4O4. The summed E-state index contributed by atoms with van der Waals surface area (Å²) in [4.78, 5) is 54.4. The van der Waals surface area contributed by atoms with E-state index < -0.39 is 0 Å². The maximum Gasteiger partial charge on any atom is 0.240 e. The second-order valence-corrected chi connectivity index (χ2v) is 7.56. The monoisotopic (exact) mass is 412 g/mol. The van der Waals surface area contributed by atoms with E-state index >= 15 is 0 Å². The topological polar surface area (TPSA) is 118 Å². The summed E-state index contributed by atoms with van der Waals surface area (Å²) in [6, 6.07) is 1.85. The Balaban J connectivity index is 0.000000612. The molecule has 0 aliphatic rings. The Bertz CT molecular complexity index is 871. The largest absolute Gasteiger partial charge is 0.240 e. The van der Waals surface area contributed by atoms with Crippen LogP contribution in [0.15, 0.2) is 26.0 Å². The highest BCUT2D eigenvalue weighted by Gasteiger charge is 2.21. The van der Waals surface area contributed by atoms with Crippen LogP contribution in [0.2, 0.25) is 0 Å². The van der Waals surface area contributed by atoms with Crippen molar-refractivity contribution >= 4 is 35.7 Å². The van der Waals surface area contributed by atoms with Gasteiger partial charge in [-0.05, 0) is 49.3 Å². The maximum absolute atomic E-state index is 10.5. The van der Waals surface area contributed by atoms with Crippen LogP contribution in [0, 0.1) is 13.8 Å². The van der Waals surface area contributed by atoms with E-state index in [-0.39, 0.29) is 5.41 Å². The first-order valence-corrected chi connectivity index (χ1v) is 9.62. The van der Waals surface area contributed by atoms with Gasteiger partial charge in [-0.1, -0.05) is 33.6 Å². The van der Waals surface area contributed by atoms with Gasteiger partial charge >= 0.3 is 0 Å². The van der Waals surface area contributed by atoms with E-state index in [1.54, 1.807) is 13.0 Å². The van der Waals surface area contributed by atoms with Crippen LogP contribution >= 0.6 is 0 Å². The maximum atomic E-state index is 10.5. The number of aliphatic imine (C=N–C) groups is 4. The normalized spacial score (nSPS) is 9.63. The van der Waals surface area contributed by atoms with Crippen molar-refractivity contribution in [3.8, 4) is 0 Å². The molecule has 0 heterocycles. The van der Waals surface area contributed by atoms with Crippen LogP contribution in [0.1, 0.15) is 63.1 Å². The number of benzene rings is 1. The van der Waals surface area contributed by atoms with E-state index in [0.717, 1.165) is 36.8 Å². The SMILES string of the molecule is Cc1c(N=C=O)cc(C(C)(C)C)c(C)c1N=C=O.O=C=NCCCCCCN=C=O. The Hall–Kier alpha value is -3.26. The van der Waals surface area contributed by atoms with Gasteiger partial charge in [0, 0.05) is 5.56 Å². The van der Waals surface area contributed by atoms with Crippen molar-refractivity contribution in [3.05, 3.63) is 22.8 Å². The van der Waals surface area contributed by atoms with E-state index in [0.29, 0.717) is 30.0 Å². The van der Waals surface area contributed by atoms with Gasteiger partial charge < -0.3 is 0 Å². The van der Waals surface area contributed by atoms with Crippen molar-refractivity contribution in [2.45, 2.75) is 65.7 Å². The van der Waals surface area contributed by atoms with Crippen molar-refractivity contribution < 1.29 is 19.2 Å². The zero-order valence-electron chi connectivity index (χ0n) is 18.2. The molecule has 8 nitrogen and oxygen atoms in total. The predicted molar refractivity (Wildman–Crippen MR) is 115 cm³/mol. The third-order valence-corrected chi connectivity index (χ3v) is 4.33. The van der Waals surface area contributed by atoms with E-state index in [2.05, 4.69) is 20.0 Å². The van der Waals surface area contributed by atoms with Gasteiger partial charge in [0.2, 0.25) is 24.3 Å². The highest BCUT2D eigenvalue weighted by atomic mass is 16.1. The van der Waals surface area contributed by atoms with Crippen LogP contribution in [0.25, 0.3) is 0 Å². The summed E-state index contributed by atoms with van der Waals surface area (Å²) >= 11 is 0. The summed E-state index contributed by atoms with van der Waals surface area (Å²) in [6.45, 7) is 10.9. The molecule has 30 heavy (non-hydrogen) atoms. The van der Waals surface area contributed by atoms with Gasteiger partial charge in [0.1, 0.15) is 0 Å². The van der Waals surface area contributed by atoms with E-state index in [1.807, 2.05) is 33.8 Å². The number of rotatable bonds is 9. The number of carbonyl (C=O) groups excluding carboxylic acids is 4. The van der Waals surface area contributed by atoms with Crippen LogP contribution in [0.5, 0.6) is 0 Å². The van der Waals surface area contributed by atoms with Crippen LogP contribution in [0.3, 0.4) is 0 Å². The molecular weight excluding hydrogens is 384 g/mol. The second-order valence-electron chi connectivity index (χ2n) is 7.56. The third kappa shape index (κ3) is 9.79. The Morgan fingerprint density at radius 2 is 1.23 bits per heavy atom. The summed E-state index contributed by atoms with van der Waals surface area (Å²) in [5, 5.41) is 0. The highest BCUT2D eigenvalue weighted by Crippen LogP contribution is 2.38. The van der Waals surface area contributed by atoms with Crippen LogP contribution in [0.4, 0.5) is 11.4 Å². The molecule has 1 rings (SSSR count). The third-order valence-electron chi connectivity index (χ3n) is 4.33. The van der Waals surface area contributed by atoms with Gasteiger partial charge in [0.05, 0.1) is 24.5 Å². The molecule has 0 aromatic heterocycles. The number of hydrogen-bond acceptors (Lipinski definition) is 8. The van der Waals surface area contributed by atoms with Crippen molar-refractivity contribution in [2.75, 3.05) is 13.1 Å². The zero-order valence-corrected chi connectivity index (χ0v) is 18.2. The minimum absolute atomic E-state index is 0.127. The van der Waals surface area contributed by atoms with Crippen molar-refractivity contribution in [1.29, 1.82) is 0 Å². The first kappa shape index (κ1) is 26.7. The van der Waals surface area contributed by atoms with E-state index in [9.17, 15) is 19.2 Å². The average Bonchev–Trinajstić information content (AvgIpc) is 2.69. The van der Waals surface area contributed by atoms with E-state index in [4.69, 9.17) is 0 Å². The average molecular weight is 412 g/mol. The Morgan fingerprint density at radius 3 is 1.63 bits per heavy atom. The Kier molecular flexibility index (Phi) is 13.1. The van der Waals surface area contributed by atoms with Gasteiger partial charge in [-0.3, -0.25) is 0 Å². The van der Waals surface area contributed by atoms with E-state index in [1.165, 1.54) is 18.2 Å². The lowest BCUT2D eigenvalue weighted by Crippen LogP contribution is -2.13. The Morgan fingerprint density at radius 1 is 0.733 bits per heavy atom. The smallest absolute Gasteiger partial charge is 0.211 e. The predicted octanol–water partition coefficient (Wildman–Crippen LogP) is 4.75. The molecule has 0 N–H and O–H groups in total. The molecule has 0 saturated heterocycles. The van der Waals surface area contributed by atoms with Crippen molar-refractivity contribution in [3.63, 3.8) is 0 Å². The van der Waals surface area contributed by atoms with Crippen LogP contribution < -0.4 is 0 Å². The lowest BCUT2D eigenvalue weighted by atomic mass is 9.82. The number of isocyanates is 4. The minimum atomic E-state index is -0.127.